The molecule has 0 saturated carbocycles. The van der Waals surface area contributed by atoms with E-state index in [4.69, 9.17) is 0 Å². The Morgan fingerprint density at radius 2 is 1.80 bits per heavy atom. The lowest BCUT2D eigenvalue weighted by Crippen LogP contribution is -2.11. The molecular weight excluding hydrogens is 270 g/mol. The molecule has 2 heterocycles. The lowest BCUT2D eigenvalue weighted by molar-refractivity contribution is 0.102. The Kier molecular flexibility index (Phi) is 3.52. The van der Waals surface area contributed by atoms with E-state index in [9.17, 15) is 4.79 Å². The molecule has 1 N–H and O–H groups in total. The van der Waals surface area contributed by atoms with Gasteiger partial charge in [0.1, 0.15) is 0 Å². The summed E-state index contributed by atoms with van der Waals surface area (Å²) in [6, 6.07) is 11.5. The molecule has 2 aromatic heterocycles. The Morgan fingerprint density at radius 3 is 2.45 bits per heavy atom. The molecule has 0 saturated heterocycles. The zero-order chi connectivity index (χ0) is 13.8. The minimum atomic E-state index is -0.151. The molecule has 4 nitrogen and oxygen atoms in total. The lowest BCUT2D eigenvalue weighted by atomic mass is 10.2. The minimum absolute atomic E-state index is 0.151. The largest absolute Gasteiger partial charge is 0.319 e. The van der Waals surface area contributed by atoms with E-state index in [1.807, 2.05) is 35.7 Å². The molecule has 0 atom stereocenters. The number of anilines is 1. The van der Waals surface area contributed by atoms with Crippen molar-refractivity contribution in [2.24, 2.45) is 0 Å². The topological polar surface area (TPSA) is 54.9 Å². The first-order chi connectivity index (χ1) is 9.83. The zero-order valence-corrected chi connectivity index (χ0v) is 11.3. The minimum Gasteiger partial charge on any atom is -0.319 e. The predicted molar refractivity (Wildman–Crippen MR) is 79.7 cm³/mol. The molecule has 98 valence electrons. The van der Waals surface area contributed by atoms with Gasteiger partial charge in [0, 0.05) is 10.9 Å². The third-order valence-corrected chi connectivity index (χ3v) is 3.41. The Labute approximate surface area is 120 Å². The zero-order valence-electron chi connectivity index (χ0n) is 10.5. The molecule has 20 heavy (non-hydrogen) atoms. The number of aromatic nitrogens is 2. The van der Waals surface area contributed by atoms with Gasteiger partial charge in [-0.05, 0) is 11.4 Å². The first kappa shape index (κ1) is 12.5. The molecule has 0 unspecified atom stereocenters. The highest BCUT2D eigenvalue weighted by Gasteiger charge is 2.07. The highest BCUT2D eigenvalue weighted by molar-refractivity contribution is 7.08. The maximum atomic E-state index is 11.9. The summed E-state index contributed by atoms with van der Waals surface area (Å²) in [6.07, 6.45) is 3.22. The number of benzene rings is 1. The van der Waals surface area contributed by atoms with Crippen molar-refractivity contribution in [3.8, 4) is 11.4 Å². The van der Waals surface area contributed by atoms with Crippen LogP contribution in [0.2, 0.25) is 0 Å². The molecule has 0 aliphatic carbocycles. The third-order valence-electron chi connectivity index (χ3n) is 2.73. The fourth-order valence-corrected chi connectivity index (χ4v) is 2.36. The number of nitrogens with one attached hydrogen (secondary N) is 1. The van der Waals surface area contributed by atoms with Gasteiger partial charge in [0.05, 0.1) is 23.6 Å². The summed E-state index contributed by atoms with van der Waals surface area (Å²) in [4.78, 5) is 20.4. The van der Waals surface area contributed by atoms with Gasteiger partial charge in [-0.25, -0.2) is 9.97 Å². The second-order valence-electron chi connectivity index (χ2n) is 4.13. The Hall–Kier alpha value is -2.53. The van der Waals surface area contributed by atoms with Crippen LogP contribution >= 0.6 is 11.3 Å². The van der Waals surface area contributed by atoms with Crippen LogP contribution in [0, 0.1) is 0 Å². The van der Waals surface area contributed by atoms with Crippen molar-refractivity contribution >= 4 is 22.9 Å². The molecule has 3 rings (SSSR count). The van der Waals surface area contributed by atoms with Crippen molar-refractivity contribution in [2.45, 2.75) is 0 Å². The first-order valence-corrected chi connectivity index (χ1v) is 6.98. The van der Waals surface area contributed by atoms with Crippen LogP contribution < -0.4 is 5.32 Å². The summed E-state index contributed by atoms with van der Waals surface area (Å²) in [7, 11) is 0. The van der Waals surface area contributed by atoms with E-state index in [0.29, 0.717) is 17.1 Å². The molecule has 1 amide bonds. The molecule has 3 aromatic rings. The summed E-state index contributed by atoms with van der Waals surface area (Å²) in [6.45, 7) is 0. The number of rotatable bonds is 3. The van der Waals surface area contributed by atoms with E-state index in [0.717, 1.165) is 5.56 Å². The van der Waals surface area contributed by atoms with Gasteiger partial charge >= 0.3 is 0 Å². The molecule has 0 spiro atoms. The quantitative estimate of drug-likeness (QED) is 0.800. The SMILES string of the molecule is O=C(Nc1cnc(-c2ccccc2)nc1)c1ccsc1. The average Bonchev–Trinajstić information content (AvgIpc) is 3.03. The van der Waals surface area contributed by atoms with Gasteiger partial charge < -0.3 is 5.32 Å². The van der Waals surface area contributed by atoms with Gasteiger partial charge in [-0.15, -0.1) is 0 Å². The van der Waals surface area contributed by atoms with E-state index in [2.05, 4.69) is 15.3 Å². The molecule has 0 aliphatic rings. The van der Waals surface area contributed by atoms with Gasteiger partial charge in [0.15, 0.2) is 5.82 Å². The summed E-state index contributed by atoms with van der Waals surface area (Å²) in [5, 5.41) is 6.43. The summed E-state index contributed by atoms with van der Waals surface area (Å²) in [5.41, 5.74) is 2.17. The van der Waals surface area contributed by atoms with Crippen molar-refractivity contribution in [1.29, 1.82) is 0 Å². The van der Waals surface area contributed by atoms with Crippen LogP contribution in [0.25, 0.3) is 11.4 Å². The Balaban J connectivity index is 1.75. The van der Waals surface area contributed by atoms with E-state index in [1.165, 1.54) is 11.3 Å². The van der Waals surface area contributed by atoms with Crippen molar-refractivity contribution in [2.75, 3.05) is 5.32 Å². The number of nitrogens with zero attached hydrogens (tertiary/aromatic N) is 2. The van der Waals surface area contributed by atoms with Crippen LogP contribution in [0.5, 0.6) is 0 Å². The maximum absolute atomic E-state index is 11.9. The normalized spacial score (nSPS) is 10.2. The summed E-state index contributed by atoms with van der Waals surface area (Å²) >= 11 is 1.49. The first-order valence-electron chi connectivity index (χ1n) is 6.04. The molecule has 0 bridgehead atoms. The monoisotopic (exact) mass is 281 g/mol. The van der Waals surface area contributed by atoms with Crippen LogP contribution in [0.4, 0.5) is 5.69 Å². The molecule has 1 aromatic carbocycles. The number of hydrogen-bond acceptors (Lipinski definition) is 4. The second-order valence-corrected chi connectivity index (χ2v) is 4.91. The van der Waals surface area contributed by atoms with Gasteiger partial charge in [-0.2, -0.15) is 11.3 Å². The van der Waals surface area contributed by atoms with Gasteiger partial charge in [0.2, 0.25) is 0 Å². The molecule has 5 heteroatoms. The molecule has 0 radical (unpaired) electrons. The van der Waals surface area contributed by atoms with Gasteiger partial charge in [0.25, 0.3) is 5.91 Å². The van der Waals surface area contributed by atoms with Gasteiger partial charge in [-0.3, -0.25) is 4.79 Å². The summed E-state index contributed by atoms with van der Waals surface area (Å²) < 4.78 is 0. The number of amides is 1. The fourth-order valence-electron chi connectivity index (χ4n) is 1.73. The third kappa shape index (κ3) is 2.73. The highest BCUT2D eigenvalue weighted by Crippen LogP contribution is 2.15. The van der Waals surface area contributed by atoms with Crippen LogP contribution in [0.15, 0.2) is 59.6 Å². The smallest absolute Gasteiger partial charge is 0.256 e. The standard InChI is InChI=1S/C15H11N3OS/c19-15(12-6-7-20-10-12)18-13-8-16-14(17-9-13)11-4-2-1-3-5-11/h1-10H,(H,18,19). The number of thiophene rings is 1. The number of hydrogen-bond donors (Lipinski definition) is 1. The van der Waals surface area contributed by atoms with E-state index >= 15 is 0 Å². The summed E-state index contributed by atoms with van der Waals surface area (Å²) in [5.74, 6) is 0.487. The second kappa shape index (κ2) is 5.63. The highest BCUT2D eigenvalue weighted by atomic mass is 32.1. The van der Waals surface area contributed by atoms with Crippen molar-refractivity contribution in [3.63, 3.8) is 0 Å². The average molecular weight is 281 g/mol. The van der Waals surface area contributed by atoms with E-state index < -0.39 is 0 Å². The molecular formula is C15H11N3OS. The lowest BCUT2D eigenvalue weighted by Gasteiger charge is -2.04. The predicted octanol–water partition coefficient (Wildman–Crippen LogP) is 3.46. The van der Waals surface area contributed by atoms with Crippen molar-refractivity contribution < 1.29 is 4.79 Å². The van der Waals surface area contributed by atoms with Crippen LogP contribution in [0.1, 0.15) is 10.4 Å². The van der Waals surface area contributed by atoms with E-state index in [1.54, 1.807) is 23.8 Å². The van der Waals surface area contributed by atoms with Crippen LogP contribution in [0.3, 0.4) is 0 Å². The Morgan fingerprint density at radius 1 is 1.05 bits per heavy atom. The number of carbonyl (C=O) groups excluding carboxylic acids is 1. The van der Waals surface area contributed by atoms with Crippen molar-refractivity contribution in [3.05, 3.63) is 65.1 Å². The van der Waals surface area contributed by atoms with E-state index in [-0.39, 0.29) is 5.91 Å². The van der Waals surface area contributed by atoms with Gasteiger partial charge in [-0.1, -0.05) is 30.3 Å². The maximum Gasteiger partial charge on any atom is 0.256 e. The number of carbonyl (C=O) groups is 1. The molecule has 0 aliphatic heterocycles. The fraction of sp³-hybridized carbons (Fsp3) is 0. The van der Waals surface area contributed by atoms with Crippen molar-refractivity contribution in [1.82, 2.24) is 9.97 Å². The Bertz CT molecular complexity index is 694. The van der Waals surface area contributed by atoms with Crippen LogP contribution in [-0.4, -0.2) is 15.9 Å². The molecule has 0 fully saturated rings. The van der Waals surface area contributed by atoms with Crippen LogP contribution in [-0.2, 0) is 0 Å².